The summed E-state index contributed by atoms with van der Waals surface area (Å²) >= 11 is 0. The molecule has 2 nitrogen and oxygen atoms in total. The standard InChI is InChI=1S/C20H25NO/c1-16-5-7-18(8-6-16)15-22-20-11-9-17(10-12-20)3-2-4-19-13-21-14-19/h5-12,19,21H,2-4,13-15H2,1H3. The molecule has 0 unspecified atom stereocenters. The van der Waals surface area contributed by atoms with Crippen LogP contribution >= 0.6 is 0 Å². The molecule has 116 valence electrons. The maximum Gasteiger partial charge on any atom is 0.119 e. The molecule has 0 amide bonds. The minimum Gasteiger partial charge on any atom is -0.489 e. The highest BCUT2D eigenvalue weighted by atomic mass is 16.5. The summed E-state index contributed by atoms with van der Waals surface area (Å²) in [5.74, 6) is 1.87. The normalized spacial score (nSPS) is 14.6. The number of benzene rings is 2. The van der Waals surface area contributed by atoms with E-state index in [0.717, 1.165) is 11.7 Å². The Morgan fingerprint density at radius 2 is 1.64 bits per heavy atom. The SMILES string of the molecule is Cc1ccc(COc2ccc(CCCC3CNC3)cc2)cc1. The molecule has 1 aliphatic heterocycles. The number of nitrogens with one attached hydrogen (secondary N) is 1. The zero-order valence-electron chi connectivity index (χ0n) is 13.3. The molecule has 0 radical (unpaired) electrons. The fraction of sp³-hybridized carbons (Fsp3) is 0.400. The first-order chi connectivity index (χ1) is 10.8. The van der Waals surface area contributed by atoms with Crippen LogP contribution in [0.15, 0.2) is 48.5 Å². The molecule has 1 N–H and O–H groups in total. The van der Waals surface area contributed by atoms with E-state index in [4.69, 9.17) is 4.74 Å². The molecule has 1 saturated heterocycles. The second kappa shape index (κ2) is 7.46. The monoisotopic (exact) mass is 295 g/mol. The van der Waals surface area contributed by atoms with Crippen LogP contribution in [-0.4, -0.2) is 13.1 Å². The minimum atomic E-state index is 0.633. The summed E-state index contributed by atoms with van der Waals surface area (Å²) in [5, 5.41) is 3.33. The smallest absolute Gasteiger partial charge is 0.119 e. The van der Waals surface area contributed by atoms with Crippen molar-refractivity contribution in [1.29, 1.82) is 0 Å². The molecule has 0 spiro atoms. The quantitative estimate of drug-likeness (QED) is 0.830. The van der Waals surface area contributed by atoms with Gasteiger partial charge in [0.2, 0.25) is 0 Å². The van der Waals surface area contributed by atoms with E-state index in [1.807, 2.05) is 0 Å². The van der Waals surface area contributed by atoms with Crippen molar-refractivity contribution in [1.82, 2.24) is 5.32 Å². The molecule has 1 fully saturated rings. The van der Waals surface area contributed by atoms with Gasteiger partial charge >= 0.3 is 0 Å². The van der Waals surface area contributed by atoms with Gasteiger partial charge in [0.15, 0.2) is 0 Å². The minimum absolute atomic E-state index is 0.633. The van der Waals surface area contributed by atoms with E-state index in [1.54, 1.807) is 0 Å². The van der Waals surface area contributed by atoms with Gasteiger partial charge in [0.05, 0.1) is 0 Å². The zero-order valence-corrected chi connectivity index (χ0v) is 13.3. The summed E-state index contributed by atoms with van der Waals surface area (Å²) in [4.78, 5) is 0. The molecule has 0 atom stereocenters. The summed E-state index contributed by atoms with van der Waals surface area (Å²) in [6, 6.07) is 17.1. The highest BCUT2D eigenvalue weighted by Gasteiger charge is 2.15. The van der Waals surface area contributed by atoms with Crippen LogP contribution in [0.2, 0.25) is 0 Å². The van der Waals surface area contributed by atoms with Gasteiger partial charge < -0.3 is 10.1 Å². The lowest BCUT2D eigenvalue weighted by molar-refractivity contribution is 0.306. The predicted molar refractivity (Wildman–Crippen MR) is 91.3 cm³/mol. The van der Waals surface area contributed by atoms with Gasteiger partial charge in [-0.2, -0.15) is 0 Å². The van der Waals surface area contributed by atoms with E-state index in [2.05, 4.69) is 60.8 Å². The number of hydrogen-bond acceptors (Lipinski definition) is 2. The van der Waals surface area contributed by atoms with E-state index in [0.29, 0.717) is 6.61 Å². The van der Waals surface area contributed by atoms with E-state index >= 15 is 0 Å². The number of hydrogen-bond donors (Lipinski definition) is 1. The molecule has 0 aromatic heterocycles. The Morgan fingerprint density at radius 1 is 0.955 bits per heavy atom. The maximum absolute atomic E-state index is 5.85. The van der Waals surface area contributed by atoms with E-state index in [-0.39, 0.29) is 0 Å². The molecule has 3 rings (SSSR count). The van der Waals surface area contributed by atoms with Gasteiger partial charge in [-0.25, -0.2) is 0 Å². The van der Waals surface area contributed by atoms with E-state index in [1.165, 1.54) is 49.0 Å². The molecule has 1 aliphatic rings. The van der Waals surface area contributed by atoms with Crippen molar-refractivity contribution in [2.75, 3.05) is 13.1 Å². The topological polar surface area (TPSA) is 21.3 Å². The summed E-state index contributed by atoms with van der Waals surface area (Å²) in [5.41, 5.74) is 3.91. The first-order valence-electron chi connectivity index (χ1n) is 8.27. The van der Waals surface area contributed by atoms with Gasteiger partial charge in [-0.1, -0.05) is 42.0 Å². The first-order valence-corrected chi connectivity index (χ1v) is 8.27. The van der Waals surface area contributed by atoms with Crippen molar-refractivity contribution in [3.8, 4) is 5.75 Å². The molecule has 2 aromatic rings. The van der Waals surface area contributed by atoms with Crippen molar-refractivity contribution in [3.63, 3.8) is 0 Å². The van der Waals surface area contributed by atoms with Crippen LogP contribution in [0.4, 0.5) is 0 Å². The third-order valence-corrected chi connectivity index (χ3v) is 4.39. The van der Waals surface area contributed by atoms with Crippen molar-refractivity contribution in [2.24, 2.45) is 5.92 Å². The molecule has 1 heterocycles. The predicted octanol–water partition coefficient (Wildman–Crippen LogP) is 4.12. The van der Waals surface area contributed by atoms with Gasteiger partial charge in [0.25, 0.3) is 0 Å². The second-order valence-electron chi connectivity index (χ2n) is 6.33. The van der Waals surface area contributed by atoms with Gasteiger partial charge in [-0.05, 0) is 68.5 Å². The third kappa shape index (κ3) is 4.35. The van der Waals surface area contributed by atoms with Gasteiger partial charge in [-0.15, -0.1) is 0 Å². The zero-order chi connectivity index (χ0) is 15.2. The number of rotatable bonds is 7. The molecule has 2 heteroatoms. The highest BCUT2D eigenvalue weighted by molar-refractivity contribution is 5.28. The lowest BCUT2D eigenvalue weighted by atomic mass is 9.95. The average molecular weight is 295 g/mol. The fourth-order valence-corrected chi connectivity index (χ4v) is 2.75. The molecular weight excluding hydrogens is 270 g/mol. The molecule has 2 aromatic carbocycles. The van der Waals surface area contributed by atoms with Crippen molar-refractivity contribution in [3.05, 3.63) is 65.2 Å². The molecule has 0 bridgehead atoms. The molecular formula is C20H25NO. The Kier molecular flexibility index (Phi) is 5.12. The van der Waals surface area contributed by atoms with Crippen LogP contribution in [0, 0.1) is 12.8 Å². The Labute approximate surface area is 133 Å². The van der Waals surface area contributed by atoms with E-state index < -0.39 is 0 Å². The Bertz CT molecular complexity index is 570. The van der Waals surface area contributed by atoms with Crippen molar-refractivity contribution >= 4 is 0 Å². The number of ether oxygens (including phenoxy) is 1. The lowest BCUT2D eigenvalue weighted by Gasteiger charge is -2.26. The Balaban J connectivity index is 1.43. The summed E-state index contributed by atoms with van der Waals surface area (Å²) in [6.45, 7) is 5.16. The first kappa shape index (κ1) is 15.1. The van der Waals surface area contributed by atoms with Crippen LogP contribution in [0.3, 0.4) is 0 Å². The Morgan fingerprint density at radius 3 is 2.27 bits per heavy atom. The number of aryl methyl sites for hydroxylation is 2. The second-order valence-corrected chi connectivity index (χ2v) is 6.33. The van der Waals surface area contributed by atoms with Crippen LogP contribution in [0.25, 0.3) is 0 Å². The maximum atomic E-state index is 5.85. The van der Waals surface area contributed by atoms with Crippen LogP contribution in [0.1, 0.15) is 29.5 Å². The van der Waals surface area contributed by atoms with Gasteiger partial charge in [0, 0.05) is 0 Å². The van der Waals surface area contributed by atoms with Crippen molar-refractivity contribution in [2.45, 2.75) is 32.8 Å². The fourth-order valence-electron chi connectivity index (χ4n) is 2.75. The summed E-state index contributed by atoms with van der Waals surface area (Å²) < 4.78 is 5.85. The molecule has 0 aliphatic carbocycles. The molecule has 0 saturated carbocycles. The average Bonchev–Trinajstić information content (AvgIpc) is 2.50. The third-order valence-electron chi connectivity index (χ3n) is 4.39. The van der Waals surface area contributed by atoms with Gasteiger partial charge in [-0.3, -0.25) is 0 Å². The molecule has 22 heavy (non-hydrogen) atoms. The highest BCUT2D eigenvalue weighted by Crippen LogP contribution is 2.18. The lowest BCUT2D eigenvalue weighted by Crippen LogP contribution is -2.41. The van der Waals surface area contributed by atoms with Crippen LogP contribution in [0.5, 0.6) is 5.75 Å². The largest absolute Gasteiger partial charge is 0.489 e. The van der Waals surface area contributed by atoms with E-state index in [9.17, 15) is 0 Å². The van der Waals surface area contributed by atoms with Crippen molar-refractivity contribution < 1.29 is 4.74 Å². The summed E-state index contributed by atoms with van der Waals surface area (Å²) in [6.07, 6.45) is 3.81. The van der Waals surface area contributed by atoms with Crippen LogP contribution in [-0.2, 0) is 13.0 Å². The van der Waals surface area contributed by atoms with Crippen LogP contribution < -0.4 is 10.1 Å². The van der Waals surface area contributed by atoms with Gasteiger partial charge in [0.1, 0.15) is 12.4 Å². The Hall–Kier alpha value is -1.80. The summed E-state index contributed by atoms with van der Waals surface area (Å²) in [7, 11) is 0.